The first-order valence-electron chi connectivity index (χ1n) is 37.6. The van der Waals surface area contributed by atoms with E-state index >= 15 is 0 Å². The minimum Gasteiger partial charge on any atom is -0.309 e. The van der Waals surface area contributed by atoms with E-state index in [2.05, 4.69) is 323 Å². The Labute approximate surface area is 644 Å². The molecule has 11 aromatic carbocycles. The molecule has 0 aliphatic carbocycles. The molecule has 0 radical (unpaired) electrons. The fourth-order valence-corrected chi connectivity index (χ4v) is 16.5. The van der Waals surface area contributed by atoms with E-state index in [9.17, 15) is 0 Å². The van der Waals surface area contributed by atoms with Crippen molar-refractivity contribution in [3.8, 4) is 113 Å². The average Bonchev–Trinajstić information content (AvgIpc) is 1.58. The van der Waals surface area contributed by atoms with Crippen molar-refractivity contribution >= 4 is 87.5 Å². The van der Waals surface area contributed by atoms with Crippen molar-refractivity contribution in [1.29, 1.82) is 0 Å². The van der Waals surface area contributed by atoms with E-state index in [4.69, 9.17) is 15.0 Å². The highest BCUT2D eigenvalue weighted by molar-refractivity contribution is 6.19. The van der Waals surface area contributed by atoms with Gasteiger partial charge in [0.2, 0.25) is 0 Å². The SMILES string of the molecule is c1ccc(-n2c3ccc(-c4cccc5c4c4ccccc4n5-c4ccc(-c5cc(-c6ccccn6)cc(-c6ccccn6)c5)cc4)cc3c3ncccc32)cc1.c1ccc(-n2c3ccc(-c4cccc5c4c4ccccc4n5-c4ccc(-c5cc(-c6ccccn6)nc(-c6ccccn6)c5)cc4)cc3c3ncccc32)cc1. The highest BCUT2D eigenvalue weighted by Gasteiger charge is 2.23. The molecule has 0 bridgehead atoms. The maximum absolute atomic E-state index is 4.97. The van der Waals surface area contributed by atoms with Crippen LogP contribution < -0.4 is 0 Å². The molecule has 22 rings (SSSR count). The maximum atomic E-state index is 4.97. The molecule has 0 atom stereocenters. The first-order valence-corrected chi connectivity index (χ1v) is 37.6. The summed E-state index contributed by atoms with van der Waals surface area (Å²) in [5.74, 6) is 0. The highest BCUT2D eigenvalue weighted by Crippen LogP contribution is 2.45. The Balaban J connectivity index is 0.000000141. The Morgan fingerprint density at radius 2 is 0.500 bits per heavy atom. The van der Waals surface area contributed by atoms with E-state index in [0.29, 0.717) is 0 Å². The third-order valence-corrected chi connectivity index (χ3v) is 21.5. The van der Waals surface area contributed by atoms with Crippen LogP contribution in [0.25, 0.3) is 200 Å². The number of hydrogen-bond donors (Lipinski definition) is 0. The van der Waals surface area contributed by atoms with Crippen molar-refractivity contribution in [2.45, 2.75) is 0 Å². The van der Waals surface area contributed by atoms with Gasteiger partial charge in [-0.05, 0) is 245 Å². The number of fused-ring (bicyclic) bond motifs is 12. The Kier molecular flexibility index (Phi) is 15.9. The molecule has 11 heteroatoms. The highest BCUT2D eigenvalue weighted by atomic mass is 15.0. The topological polar surface area (TPSA) is 110 Å². The molecular formula is C101H65N11. The number of pyridine rings is 7. The summed E-state index contributed by atoms with van der Waals surface area (Å²) in [6, 6.07) is 126. The molecule has 0 amide bonds. The third kappa shape index (κ3) is 11.3. The zero-order chi connectivity index (χ0) is 74.0. The Hall–Kier alpha value is -15.3. The molecule has 0 aliphatic heterocycles. The van der Waals surface area contributed by atoms with Crippen LogP contribution in [0.1, 0.15) is 0 Å². The molecule has 0 aliphatic rings. The molecule has 0 fully saturated rings. The van der Waals surface area contributed by atoms with Crippen molar-refractivity contribution in [3.63, 3.8) is 0 Å². The van der Waals surface area contributed by atoms with Crippen LogP contribution in [0.2, 0.25) is 0 Å². The van der Waals surface area contributed by atoms with Crippen LogP contribution in [0.5, 0.6) is 0 Å². The van der Waals surface area contributed by atoms with E-state index in [1.807, 2.05) is 97.6 Å². The maximum Gasteiger partial charge on any atom is 0.0963 e. The van der Waals surface area contributed by atoms with Gasteiger partial charge in [0, 0.05) is 103 Å². The van der Waals surface area contributed by atoms with Crippen LogP contribution in [0.15, 0.2) is 395 Å². The molecule has 11 heterocycles. The van der Waals surface area contributed by atoms with Crippen molar-refractivity contribution in [2.24, 2.45) is 0 Å². The molecule has 0 N–H and O–H groups in total. The lowest BCUT2D eigenvalue weighted by atomic mass is 9.96. The van der Waals surface area contributed by atoms with Crippen molar-refractivity contribution in [3.05, 3.63) is 395 Å². The number of para-hydroxylation sites is 4. The minimum atomic E-state index is 0.807. The Morgan fingerprint density at radius 3 is 0.929 bits per heavy atom. The predicted octanol–water partition coefficient (Wildman–Crippen LogP) is 24.9. The number of rotatable bonds is 12. The van der Waals surface area contributed by atoms with Crippen LogP contribution in [0, 0.1) is 0 Å². The van der Waals surface area contributed by atoms with E-state index in [1.165, 1.54) is 38.2 Å². The fraction of sp³-hybridized carbons (Fsp3) is 0. The Bertz CT molecular complexity index is 6770. The van der Waals surface area contributed by atoms with Gasteiger partial charge >= 0.3 is 0 Å². The van der Waals surface area contributed by atoms with Crippen molar-refractivity contribution < 1.29 is 0 Å². The second kappa shape index (κ2) is 27.5. The average molecular weight is 1430 g/mol. The van der Waals surface area contributed by atoms with Crippen molar-refractivity contribution in [1.82, 2.24) is 53.2 Å². The second-order valence-electron chi connectivity index (χ2n) is 28.0. The van der Waals surface area contributed by atoms with Gasteiger partial charge in [-0.1, -0.05) is 158 Å². The number of nitrogens with zero attached hydrogens (tertiary/aromatic N) is 11. The minimum absolute atomic E-state index is 0.807. The van der Waals surface area contributed by atoms with Crippen LogP contribution in [0.3, 0.4) is 0 Å². The number of benzene rings is 11. The zero-order valence-corrected chi connectivity index (χ0v) is 60.4. The number of aromatic nitrogens is 11. The summed E-state index contributed by atoms with van der Waals surface area (Å²) in [6.07, 6.45) is 11.1. The second-order valence-corrected chi connectivity index (χ2v) is 28.0. The molecule has 11 aromatic heterocycles. The molecule has 524 valence electrons. The molecule has 0 saturated heterocycles. The van der Waals surface area contributed by atoms with Gasteiger partial charge in [0.1, 0.15) is 0 Å². The van der Waals surface area contributed by atoms with Gasteiger partial charge in [0.15, 0.2) is 0 Å². The van der Waals surface area contributed by atoms with E-state index in [0.717, 1.165) is 162 Å². The lowest BCUT2D eigenvalue weighted by Crippen LogP contribution is -1.95. The normalized spacial score (nSPS) is 11.6. The molecular weight excluding hydrogens is 1370 g/mol. The van der Waals surface area contributed by atoms with Crippen LogP contribution in [-0.4, -0.2) is 53.2 Å². The van der Waals surface area contributed by atoms with Crippen molar-refractivity contribution in [2.75, 3.05) is 0 Å². The standard InChI is InChI=1S/C51H33N5.C50H32N6/c1-2-12-39(13-3-1)56-47-26-23-35(33-43(47)51-49(56)20-11-29-54-51)41-15-10-19-48-50(41)42-14-4-5-18-46(42)55(48)40-24-21-34(22-25-40)36-30-37(44-16-6-8-27-52-44)32-38(31-36)45-17-7-9-28-53-45;1-2-12-36(13-3-1)56-46-26-23-34(30-40(46)50-48(56)20-11-29-53-50)38-15-10-19-47-49(38)39-14-4-5-18-45(39)55(47)37-24-21-33(22-25-37)35-31-43(41-16-6-8-27-51-41)54-44(32-35)42-17-7-9-28-52-42/h1-33H;1-32H. The monoisotopic (exact) mass is 1430 g/mol. The molecule has 11 nitrogen and oxygen atoms in total. The number of hydrogen-bond acceptors (Lipinski definition) is 7. The Morgan fingerprint density at radius 1 is 0.170 bits per heavy atom. The summed E-state index contributed by atoms with van der Waals surface area (Å²) < 4.78 is 9.39. The van der Waals surface area contributed by atoms with Gasteiger partial charge in [0.25, 0.3) is 0 Å². The molecule has 0 spiro atoms. The van der Waals surface area contributed by atoms with Gasteiger partial charge in [0.05, 0.1) is 89.3 Å². The summed E-state index contributed by atoms with van der Waals surface area (Å²) in [6.45, 7) is 0. The lowest BCUT2D eigenvalue weighted by molar-refractivity contribution is 1.17. The van der Waals surface area contributed by atoms with Gasteiger partial charge in [-0.15, -0.1) is 0 Å². The van der Waals surface area contributed by atoms with Gasteiger partial charge < -0.3 is 18.3 Å². The summed E-state index contributed by atoms with van der Waals surface area (Å²) in [7, 11) is 0. The van der Waals surface area contributed by atoms with E-state index in [1.54, 1.807) is 12.4 Å². The fourth-order valence-electron chi connectivity index (χ4n) is 16.5. The molecule has 112 heavy (non-hydrogen) atoms. The van der Waals surface area contributed by atoms with Gasteiger partial charge in [-0.3, -0.25) is 29.9 Å². The summed E-state index contributed by atoms with van der Waals surface area (Å²) >= 11 is 0. The first-order chi connectivity index (χ1) is 55.6. The predicted molar refractivity (Wildman–Crippen MR) is 458 cm³/mol. The van der Waals surface area contributed by atoms with Crippen LogP contribution >= 0.6 is 0 Å². The summed E-state index contributed by atoms with van der Waals surface area (Å²) in [5, 5.41) is 7.15. The lowest BCUT2D eigenvalue weighted by Gasteiger charge is -2.12. The summed E-state index contributed by atoms with van der Waals surface area (Å²) in [4.78, 5) is 33.3. The largest absolute Gasteiger partial charge is 0.309 e. The van der Waals surface area contributed by atoms with E-state index in [-0.39, 0.29) is 0 Å². The van der Waals surface area contributed by atoms with Crippen LogP contribution in [0.4, 0.5) is 0 Å². The summed E-state index contributed by atoms with van der Waals surface area (Å²) in [5.41, 5.74) is 31.9. The molecule has 22 aromatic rings. The van der Waals surface area contributed by atoms with Gasteiger partial charge in [-0.2, -0.15) is 0 Å². The van der Waals surface area contributed by atoms with E-state index < -0.39 is 0 Å². The molecule has 0 unspecified atom stereocenters. The zero-order valence-electron chi connectivity index (χ0n) is 60.4. The smallest absolute Gasteiger partial charge is 0.0963 e. The van der Waals surface area contributed by atoms with Gasteiger partial charge in [-0.25, -0.2) is 4.98 Å². The third-order valence-electron chi connectivity index (χ3n) is 21.5. The first kappa shape index (κ1) is 65.0. The quantitative estimate of drug-likeness (QED) is 0.120. The molecule has 0 saturated carbocycles. The van der Waals surface area contributed by atoms with Crippen LogP contribution in [-0.2, 0) is 0 Å².